The second kappa shape index (κ2) is 4.10. The molecular weight excluding hydrogens is 284 g/mol. The molecule has 2 aromatic heterocycles. The summed E-state index contributed by atoms with van der Waals surface area (Å²) in [6.45, 7) is 1.54. The van der Waals surface area contributed by atoms with Crippen LogP contribution in [0.2, 0.25) is 0 Å². The van der Waals surface area contributed by atoms with Gasteiger partial charge in [-0.3, -0.25) is 0 Å². The third-order valence-electron chi connectivity index (χ3n) is 1.96. The molecule has 0 aliphatic carbocycles. The lowest BCUT2D eigenvalue weighted by molar-refractivity contribution is 0.599. The lowest BCUT2D eigenvalue weighted by Gasteiger charge is -1.99. The first-order valence-corrected chi connectivity index (χ1v) is 7.48. The van der Waals surface area contributed by atoms with Crippen molar-refractivity contribution in [3.63, 3.8) is 0 Å². The maximum atomic E-state index is 11.5. The zero-order valence-electron chi connectivity index (χ0n) is 8.45. The van der Waals surface area contributed by atoms with Crippen LogP contribution in [0.15, 0.2) is 16.6 Å². The highest BCUT2D eigenvalue weighted by Gasteiger charge is 2.27. The van der Waals surface area contributed by atoms with Gasteiger partial charge in [0.25, 0.3) is 9.05 Å². The molecule has 0 N–H and O–H groups in total. The van der Waals surface area contributed by atoms with Crippen LogP contribution in [0.5, 0.6) is 0 Å². The topological polar surface area (TPSA) is 88.6 Å². The molecule has 0 aromatic carbocycles. The van der Waals surface area contributed by atoms with Gasteiger partial charge in [-0.1, -0.05) is 0 Å². The average Bonchev–Trinajstić information content (AvgIpc) is 2.81. The predicted molar refractivity (Wildman–Crippen MR) is 61.7 cm³/mol. The Kier molecular flexibility index (Phi) is 2.91. The van der Waals surface area contributed by atoms with Crippen molar-refractivity contribution in [2.75, 3.05) is 0 Å². The van der Waals surface area contributed by atoms with Gasteiger partial charge < -0.3 is 0 Å². The minimum Gasteiger partial charge on any atom is -0.227 e. The van der Waals surface area contributed by atoms with E-state index in [1.165, 1.54) is 24.5 Å². The Morgan fingerprint density at radius 1 is 1.59 bits per heavy atom. The van der Waals surface area contributed by atoms with Gasteiger partial charge in [0.2, 0.25) is 5.13 Å². The van der Waals surface area contributed by atoms with Gasteiger partial charge >= 0.3 is 0 Å². The van der Waals surface area contributed by atoms with Crippen LogP contribution in [-0.2, 0) is 9.05 Å². The van der Waals surface area contributed by atoms with Crippen molar-refractivity contribution >= 4 is 31.1 Å². The summed E-state index contributed by atoms with van der Waals surface area (Å²) in [5.74, 6) is 0. The molecule has 0 atom stereocenters. The zero-order chi connectivity index (χ0) is 12.6. The van der Waals surface area contributed by atoms with Gasteiger partial charge in [0.05, 0.1) is 5.69 Å². The van der Waals surface area contributed by atoms with Crippen LogP contribution >= 0.6 is 22.0 Å². The monoisotopic (exact) mass is 288 g/mol. The molecule has 9 heteroatoms. The molecule has 0 aliphatic rings. The van der Waals surface area contributed by atoms with E-state index >= 15 is 0 Å². The highest BCUT2D eigenvalue weighted by molar-refractivity contribution is 8.13. The van der Waals surface area contributed by atoms with Crippen LogP contribution in [0.1, 0.15) is 11.3 Å². The summed E-state index contributed by atoms with van der Waals surface area (Å²) in [5.41, 5.74) is 0.233. The summed E-state index contributed by atoms with van der Waals surface area (Å²) in [7, 11) is 1.25. The summed E-state index contributed by atoms with van der Waals surface area (Å²) >= 11 is 1.20. The third kappa shape index (κ3) is 2.04. The van der Waals surface area contributed by atoms with Gasteiger partial charge in [-0.25, -0.2) is 13.4 Å². The van der Waals surface area contributed by atoms with Crippen molar-refractivity contribution in [2.24, 2.45) is 0 Å². The number of thiazole rings is 1. The van der Waals surface area contributed by atoms with Crippen molar-refractivity contribution in [1.82, 2.24) is 14.8 Å². The number of aromatic nitrogens is 3. The first kappa shape index (κ1) is 12.0. The van der Waals surface area contributed by atoms with E-state index in [0.717, 1.165) is 4.68 Å². The molecule has 0 spiro atoms. The fraction of sp³-hybridized carbons (Fsp3) is 0.125. The van der Waals surface area contributed by atoms with Crippen molar-refractivity contribution in [1.29, 1.82) is 5.26 Å². The number of hydrogen-bond donors (Lipinski definition) is 0. The van der Waals surface area contributed by atoms with Crippen LogP contribution < -0.4 is 0 Å². The standard InChI is InChI=1S/C8H5ClN4O2S2/c1-5-6(4-10)7(17(9,14)15)13(12-5)8-11-2-3-16-8/h2-3H,1H3. The maximum absolute atomic E-state index is 11.5. The number of hydrogen-bond acceptors (Lipinski definition) is 6. The smallest absolute Gasteiger partial charge is 0.227 e. The average molecular weight is 289 g/mol. The Bertz CT molecular complexity index is 697. The Hall–Kier alpha value is -1.43. The van der Waals surface area contributed by atoms with Crippen LogP contribution in [-0.4, -0.2) is 23.2 Å². The summed E-state index contributed by atoms with van der Waals surface area (Å²) in [6, 6.07) is 1.78. The molecule has 0 aliphatic heterocycles. The third-order valence-corrected chi connectivity index (χ3v) is 3.99. The normalized spacial score (nSPS) is 11.4. The first-order chi connectivity index (χ1) is 7.95. The lowest BCUT2D eigenvalue weighted by Crippen LogP contribution is -2.05. The molecule has 17 heavy (non-hydrogen) atoms. The largest absolute Gasteiger partial charge is 0.280 e. The minimum atomic E-state index is -4.06. The fourth-order valence-electron chi connectivity index (χ4n) is 1.31. The van der Waals surface area contributed by atoms with E-state index in [0.29, 0.717) is 10.8 Å². The Morgan fingerprint density at radius 2 is 2.29 bits per heavy atom. The minimum absolute atomic E-state index is 0.0600. The van der Waals surface area contributed by atoms with Crippen LogP contribution in [0, 0.1) is 18.3 Å². The number of rotatable bonds is 2. The van der Waals surface area contributed by atoms with E-state index in [-0.39, 0.29) is 10.6 Å². The Balaban J connectivity index is 2.84. The molecular formula is C8H5ClN4O2S2. The highest BCUT2D eigenvalue weighted by Crippen LogP contribution is 2.26. The fourth-order valence-corrected chi connectivity index (χ4v) is 3.16. The van der Waals surface area contributed by atoms with Gasteiger partial charge in [0.1, 0.15) is 11.6 Å². The van der Waals surface area contributed by atoms with Crippen LogP contribution in [0.4, 0.5) is 0 Å². The van der Waals surface area contributed by atoms with Crippen LogP contribution in [0.3, 0.4) is 0 Å². The summed E-state index contributed by atoms with van der Waals surface area (Å²) in [4.78, 5) is 3.94. The highest BCUT2D eigenvalue weighted by atomic mass is 35.7. The number of nitriles is 1. The molecule has 0 unspecified atom stereocenters. The molecule has 0 fully saturated rings. The van der Waals surface area contributed by atoms with E-state index in [9.17, 15) is 8.42 Å². The molecule has 0 bridgehead atoms. The van der Waals surface area contributed by atoms with E-state index in [2.05, 4.69) is 10.1 Å². The van der Waals surface area contributed by atoms with Crippen LogP contribution in [0.25, 0.3) is 5.13 Å². The first-order valence-electron chi connectivity index (χ1n) is 4.29. The predicted octanol–water partition coefficient (Wildman–Crippen LogP) is 1.44. The van der Waals surface area contributed by atoms with Gasteiger partial charge in [-0.2, -0.15) is 15.0 Å². The van der Waals surface area contributed by atoms with Gasteiger partial charge in [-0.15, -0.1) is 11.3 Å². The molecule has 6 nitrogen and oxygen atoms in total. The Labute approximate surface area is 106 Å². The summed E-state index contributed by atoms with van der Waals surface area (Å²) in [6.07, 6.45) is 1.51. The summed E-state index contributed by atoms with van der Waals surface area (Å²) in [5, 5.41) is 14.6. The number of nitrogens with zero attached hydrogens (tertiary/aromatic N) is 4. The molecule has 2 rings (SSSR count). The molecule has 2 heterocycles. The van der Waals surface area contributed by atoms with E-state index in [4.69, 9.17) is 15.9 Å². The molecule has 0 saturated heterocycles. The number of aryl methyl sites for hydroxylation is 1. The Morgan fingerprint density at radius 3 is 2.76 bits per heavy atom. The second-order valence-electron chi connectivity index (χ2n) is 3.04. The molecule has 0 saturated carbocycles. The molecule has 88 valence electrons. The quantitative estimate of drug-likeness (QED) is 0.780. The van der Waals surface area contributed by atoms with Crippen molar-refractivity contribution < 1.29 is 8.42 Å². The zero-order valence-corrected chi connectivity index (χ0v) is 10.8. The van der Waals surface area contributed by atoms with Crippen molar-refractivity contribution in [3.8, 4) is 11.2 Å². The van der Waals surface area contributed by atoms with Gasteiger partial charge in [0.15, 0.2) is 5.03 Å². The lowest BCUT2D eigenvalue weighted by atomic mass is 10.3. The number of halogens is 1. The summed E-state index contributed by atoms with van der Waals surface area (Å²) < 4.78 is 24.0. The molecule has 0 amide bonds. The van der Waals surface area contributed by atoms with Gasteiger partial charge in [-0.05, 0) is 6.92 Å². The van der Waals surface area contributed by atoms with Crippen molar-refractivity contribution in [2.45, 2.75) is 11.9 Å². The second-order valence-corrected chi connectivity index (χ2v) is 6.40. The SMILES string of the molecule is Cc1nn(-c2nccs2)c(S(=O)(=O)Cl)c1C#N. The molecule has 0 radical (unpaired) electrons. The molecule has 2 aromatic rings. The van der Waals surface area contributed by atoms with Crippen molar-refractivity contribution in [3.05, 3.63) is 22.8 Å². The van der Waals surface area contributed by atoms with E-state index in [1.807, 2.05) is 0 Å². The van der Waals surface area contributed by atoms with Gasteiger partial charge in [0, 0.05) is 22.3 Å². The maximum Gasteiger partial charge on any atom is 0.280 e. The van der Waals surface area contributed by atoms with E-state index < -0.39 is 9.05 Å². The van der Waals surface area contributed by atoms with E-state index in [1.54, 1.807) is 11.4 Å².